The summed E-state index contributed by atoms with van der Waals surface area (Å²) in [6.45, 7) is -0.512. The number of aliphatic hydroxyl groups is 4. The van der Waals surface area contributed by atoms with Crippen LogP contribution in [-0.2, 0) is 11.3 Å². The summed E-state index contributed by atoms with van der Waals surface area (Å²) in [4.78, 5) is 6.35. The zero-order chi connectivity index (χ0) is 26.1. The van der Waals surface area contributed by atoms with Crippen LogP contribution in [0.3, 0.4) is 0 Å². The number of rotatable bonds is 7. The number of nitrogens with zero attached hydrogens (tertiary/aromatic N) is 6. The number of hydrogen-bond acceptors (Lipinski definition) is 11. The van der Waals surface area contributed by atoms with E-state index >= 15 is 0 Å². The van der Waals surface area contributed by atoms with Crippen molar-refractivity contribution in [3.05, 3.63) is 65.4 Å². The van der Waals surface area contributed by atoms with Crippen molar-refractivity contribution in [1.82, 2.24) is 19.7 Å². The van der Waals surface area contributed by atoms with Gasteiger partial charge >= 0.3 is 0 Å². The first-order valence-corrected chi connectivity index (χ1v) is 11.6. The molecule has 1 fully saturated rings. The Hall–Kier alpha value is -3.59. The van der Waals surface area contributed by atoms with E-state index in [1.165, 1.54) is 6.20 Å². The molecule has 5 N–H and O–H groups in total. The summed E-state index contributed by atoms with van der Waals surface area (Å²) in [6, 6.07) is 14.1. The first kappa shape index (κ1) is 25.1. The van der Waals surface area contributed by atoms with E-state index < -0.39 is 37.3 Å². The maximum absolute atomic E-state index is 11.0. The van der Waals surface area contributed by atoms with Gasteiger partial charge in [0.1, 0.15) is 30.1 Å². The van der Waals surface area contributed by atoms with Gasteiger partial charge in [0.2, 0.25) is 5.88 Å². The van der Waals surface area contributed by atoms with Crippen molar-refractivity contribution in [2.75, 3.05) is 6.61 Å². The van der Waals surface area contributed by atoms with Crippen molar-refractivity contribution in [3.63, 3.8) is 0 Å². The highest BCUT2D eigenvalue weighted by molar-refractivity contribution is 6.30. The van der Waals surface area contributed by atoms with Crippen molar-refractivity contribution in [3.8, 4) is 5.88 Å². The fourth-order valence-electron chi connectivity index (χ4n) is 4.00. The summed E-state index contributed by atoms with van der Waals surface area (Å²) >= 11 is 6.01. The van der Waals surface area contributed by atoms with E-state index in [1.54, 1.807) is 34.9 Å². The number of aliphatic hydroxyl groups excluding tert-OH is 4. The number of fused-ring (bicyclic) bond motifs is 1. The third-order valence-corrected chi connectivity index (χ3v) is 6.13. The number of azo groups is 1. The van der Waals surface area contributed by atoms with E-state index in [1.807, 2.05) is 18.2 Å². The molecule has 13 nitrogen and oxygen atoms in total. The average molecular weight is 531 g/mol. The Morgan fingerprint density at radius 1 is 1.03 bits per heavy atom. The van der Waals surface area contributed by atoms with Gasteiger partial charge in [-0.05, 0) is 29.5 Å². The van der Waals surface area contributed by atoms with Gasteiger partial charge in [-0.15, -0.1) is 10.2 Å². The van der Waals surface area contributed by atoms with Crippen LogP contribution in [0.1, 0.15) is 5.69 Å². The van der Waals surface area contributed by atoms with Crippen LogP contribution in [0.4, 0.5) is 11.4 Å². The minimum absolute atomic E-state index is 0.0804. The first-order valence-electron chi connectivity index (χ1n) is 11.2. The fourth-order valence-corrected chi connectivity index (χ4v) is 4.19. The van der Waals surface area contributed by atoms with Crippen molar-refractivity contribution in [2.24, 2.45) is 10.2 Å². The highest BCUT2D eigenvalue weighted by Gasteiger charge is 2.45. The monoisotopic (exact) mass is 530 g/mol. The summed E-state index contributed by atoms with van der Waals surface area (Å²) in [7, 11) is 0. The molecule has 0 saturated carbocycles. The van der Waals surface area contributed by atoms with E-state index in [0.717, 1.165) is 4.85 Å². The molecular weight excluding hydrogens is 508 g/mol. The standard InChI is InChI=1S/C23H23ClN6O7/c24-12-4-3-5-13(8-12)25-27-18-15-6-1-2-7-16(15)29(22(18)35)9-14-10-30(28-26-14)37-23-21(34)20(33)19(32)17(11-31)36-23/h1-8,10,17,19-21,23,31-35H,9,11H2/t17-,19-,20+,21-,23+/m1/s1. The van der Waals surface area contributed by atoms with E-state index in [9.17, 15) is 25.5 Å². The Labute approximate surface area is 214 Å². The molecule has 0 amide bonds. The molecule has 5 atom stereocenters. The van der Waals surface area contributed by atoms with Crippen molar-refractivity contribution >= 4 is 33.9 Å². The molecule has 37 heavy (non-hydrogen) atoms. The molecule has 0 aliphatic carbocycles. The van der Waals surface area contributed by atoms with Crippen LogP contribution in [-0.4, -0.2) is 82.6 Å². The normalized spacial score (nSPS) is 24.2. The van der Waals surface area contributed by atoms with Crippen LogP contribution < -0.4 is 4.84 Å². The van der Waals surface area contributed by atoms with Crippen LogP contribution >= 0.6 is 11.6 Å². The number of ether oxygens (including phenoxy) is 1. The zero-order valence-electron chi connectivity index (χ0n) is 19.1. The zero-order valence-corrected chi connectivity index (χ0v) is 19.9. The van der Waals surface area contributed by atoms with Gasteiger partial charge in [0.15, 0.2) is 5.69 Å². The van der Waals surface area contributed by atoms with Crippen molar-refractivity contribution < 1.29 is 35.1 Å². The summed E-state index contributed by atoms with van der Waals surface area (Å²) in [5.74, 6) is -0.142. The first-order chi connectivity index (χ1) is 17.9. The lowest BCUT2D eigenvalue weighted by Crippen LogP contribution is -2.61. The number of halogens is 1. The van der Waals surface area contributed by atoms with Crippen molar-refractivity contribution in [1.29, 1.82) is 0 Å². The van der Waals surface area contributed by atoms with Gasteiger partial charge in [-0.2, -0.15) is 5.11 Å². The topological polar surface area (TPSA) is 180 Å². The minimum Gasteiger partial charge on any atom is -0.493 e. The molecule has 1 aliphatic rings. The largest absolute Gasteiger partial charge is 0.493 e. The summed E-state index contributed by atoms with van der Waals surface area (Å²) in [5.41, 5.74) is 1.83. The molecule has 2 aromatic heterocycles. The lowest BCUT2D eigenvalue weighted by molar-refractivity contribution is -0.303. The number of hydrogen-bond donors (Lipinski definition) is 5. The van der Waals surface area contributed by atoms with Gasteiger partial charge in [0, 0.05) is 10.4 Å². The van der Waals surface area contributed by atoms with E-state index in [-0.39, 0.29) is 18.1 Å². The molecule has 1 saturated heterocycles. The molecule has 1 aliphatic heterocycles. The Kier molecular flexibility index (Phi) is 7.06. The molecule has 0 unspecified atom stereocenters. The van der Waals surface area contributed by atoms with Crippen LogP contribution in [0.15, 0.2) is 65.0 Å². The predicted molar refractivity (Wildman–Crippen MR) is 129 cm³/mol. The van der Waals surface area contributed by atoms with Gasteiger partial charge in [0.05, 0.1) is 30.6 Å². The fraction of sp³-hybridized carbons (Fsp3) is 0.304. The minimum atomic E-state index is -1.60. The molecule has 4 aromatic rings. The van der Waals surface area contributed by atoms with Crippen LogP contribution in [0, 0.1) is 0 Å². The smallest absolute Gasteiger partial charge is 0.256 e. The number of para-hydroxylation sites is 1. The summed E-state index contributed by atoms with van der Waals surface area (Å²) in [5, 5.41) is 67.8. The Bertz CT molecular complexity index is 1420. The molecule has 194 valence electrons. The quantitative estimate of drug-likeness (QED) is 0.220. The second kappa shape index (κ2) is 10.4. The second-order valence-corrected chi connectivity index (χ2v) is 8.81. The van der Waals surface area contributed by atoms with Gasteiger partial charge in [0.25, 0.3) is 6.29 Å². The van der Waals surface area contributed by atoms with Crippen LogP contribution in [0.25, 0.3) is 10.9 Å². The molecule has 5 rings (SSSR count). The van der Waals surface area contributed by atoms with Crippen LogP contribution in [0.2, 0.25) is 5.02 Å². The molecule has 2 aromatic carbocycles. The summed E-state index contributed by atoms with van der Waals surface area (Å²) in [6.07, 6.45) is -5.88. The van der Waals surface area contributed by atoms with Gasteiger partial charge in [-0.25, -0.2) is 0 Å². The van der Waals surface area contributed by atoms with Gasteiger partial charge in [-0.3, -0.25) is 0 Å². The Morgan fingerprint density at radius 3 is 2.62 bits per heavy atom. The maximum atomic E-state index is 11.0. The highest BCUT2D eigenvalue weighted by Crippen LogP contribution is 2.39. The van der Waals surface area contributed by atoms with E-state index in [4.69, 9.17) is 21.2 Å². The van der Waals surface area contributed by atoms with E-state index in [0.29, 0.717) is 27.3 Å². The van der Waals surface area contributed by atoms with Gasteiger partial charge < -0.3 is 39.7 Å². The SMILES string of the molecule is OC[C@H]1O[C@@H](On2cc(Cn3c(O)c(N=Nc4cccc(Cl)c4)c4ccccc43)nn2)[C@H](O)[C@@H](O)[C@@H]1O. The molecule has 0 bridgehead atoms. The number of benzene rings is 2. The maximum Gasteiger partial charge on any atom is 0.256 e. The third-order valence-electron chi connectivity index (χ3n) is 5.89. The number of aromatic hydroxyl groups is 1. The van der Waals surface area contributed by atoms with Crippen molar-refractivity contribution in [2.45, 2.75) is 37.3 Å². The molecule has 0 spiro atoms. The molecular formula is C23H23ClN6O7. The summed E-state index contributed by atoms with van der Waals surface area (Å²) < 4.78 is 6.89. The lowest BCUT2D eigenvalue weighted by Gasteiger charge is -2.38. The number of aromatic nitrogens is 4. The highest BCUT2D eigenvalue weighted by atomic mass is 35.5. The Balaban J connectivity index is 1.38. The Morgan fingerprint density at radius 2 is 1.84 bits per heavy atom. The molecule has 3 heterocycles. The predicted octanol–water partition coefficient (Wildman–Crippen LogP) is 1.28. The average Bonchev–Trinajstić information content (AvgIpc) is 3.45. The van der Waals surface area contributed by atoms with Gasteiger partial charge in [-0.1, -0.05) is 40.7 Å². The lowest BCUT2D eigenvalue weighted by atomic mass is 9.99. The second-order valence-electron chi connectivity index (χ2n) is 8.37. The molecule has 14 heteroatoms. The molecule has 0 radical (unpaired) electrons. The van der Waals surface area contributed by atoms with Crippen LogP contribution in [0.5, 0.6) is 5.88 Å². The third kappa shape index (κ3) is 5.00. The van der Waals surface area contributed by atoms with E-state index in [2.05, 4.69) is 20.5 Å².